The quantitative estimate of drug-likeness (QED) is 0.493. The van der Waals surface area contributed by atoms with Gasteiger partial charge in [0.15, 0.2) is 11.5 Å². The van der Waals surface area contributed by atoms with Crippen molar-refractivity contribution >= 4 is 5.91 Å². The number of nitrogens with one attached hydrogen (secondary N) is 1. The minimum atomic E-state index is -1.26. The highest BCUT2D eigenvalue weighted by Gasteiger charge is 2.47. The van der Waals surface area contributed by atoms with Gasteiger partial charge in [-0.3, -0.25) is 4.79 Å². The summed E-state index contributed by atoms with van der Waals surface area (Å²) in [4.78, 5) is 12.2. The number of carbonyl (C=O) groups is 1. The SMILES string of the molecule is O=C1N[C@H]2[C@H](O)[C@H](O)[C@@H](O)C[C@H]2c2cc3c(cc21)OCO3. The van der Waals surface area contributed by atoms with Crippen LogP contribution in [0.5, 0.6) is 11.5 Å². The highest BCUT2D eigenvalue weighted by Crippen LogP contribution is 2.43. The minimum Gasteiger partial charge on any atom is -0.454 e. The highest BCUT2D eigenvalue weighted by molar-refractivity contribution is 5.98. The molecule has 2 aliphatic heterocycles. The second-order valence-electron chi connectivity index (χ2n) is 5.68. The van der Waals surface area contributed by atoms with Crippen LogP contribution >= 0.6 is 0 Å². The van der Waals surface area contributed by atoms with E-state index in [9.17, 15) is 20.1 Å². The van der Waals surface area contributed by atoms with Crippen molar-refractivity contribution in [3.8, 4) is 11.5 Å². The Morgan fingerprint density at radius 1 is 1.10 bits per heavy atom. The monoisotopic (exact) mass is 293 g/mol. The van der Waals surface area contributed by atoms with Gasteiger partial charge in [0.1, 0.15) is 12.2 Å². The summed E-state index contributed by atoms with van der Waals surface area (Å²) in [6.07, 6.45) is -3.24. The molecule has 1 amide bonds. The Hall–Kier alpha value is -1.83. The van der Waals surface area contributed by atoms with Crippen LogP contribution in [0, 0.1) is 0 Å². The van der Waals surface area contributed by atoms with Gasteiger partial charge in [-0.05, 0) is 24.1 Å². The Labute approximate surface area is 120 Å². The molecule has 4 rings (SSSR count). The van der Waals surface area contributed by atoms with Gasteiger partial charge in [0.2, 0.25) is 6.79 Å². The van der Waals surface area contributed by atoms with Crippen molar-refractivity contribution in [1.29, 1.82) is 0 Å². The molecule has 0 saturated heterocycles. The zero-order valence-corrected chi connectivity index (χ0v) is 11.0. The van der Waals surface area contributed by atoms with Gasteiger partial charge in [0, 0.05) is 11.5 Å². The summed E-state index contributed by atoms with van der Waals surface area (Å²) in [5.74, 6) is 0.462. The molecular weight excluding hydrogens is 278 g/mol. The van der Waals surface area contributed by atoms with Gasteiger partial charge in [-0.1, -0.05) is 0 Å². The second kappa shape index (κ2) is 4.33. The molecule has 2 heterocycles. The molecular formula is C14H15NO6. The summed E-state index contributed by atoms with van der Waals surface area (Å²) in [6, 6.07) is 2.72. The number of hydrogen-bond acceptors (Lipinski definition) is 6. The molecule has 7 heteroatoms. The fourth-order valence-corrected chi connectivity index (χ4v) is 3.42. The molecule has 7 nitrogen and oxygen atoms in total. The molecule has 1 aliphatic carbocycles. The first-order valence-corrected chi connectivity index (χ1v) is 6.85. The van der Waals surface area contributed by atoms with Gasteiger partial charge in [0.05, 0.1) is 12.1 Å². The Kier molecular flexibility index (Phi) is 2.66. The lowest BCUT2D eigenvalue weighted by atomic mass is 9.72. The first kappa shape index (κ1) is 12.9. The van der Waals surface area contributed by atoms with E-state index in [1.54, 1.807) is 12.1 Å². The standard InChI is InChI=1S/C14H15NO6/c16-8-1-6-5-2-9-10(21-4-20-9)3-7(5)14(19)15-11(6)13(18)12(8)17/h2-3,6,8,11-13,16-18H,1,4H2,(H,15,19)/t6-,8-,11+,12+,13-/m0/s1. The van der Waals surface area contributed by atoms with Crippen molar-refractivity contribution in [2.24, 2.45) is 0 Å². The van der Waals surface area contributed by atoms with Crippen molar-refractivity contribution in [1.82, 2.24) is 5.32 Å². The summed E-state index contributed by atoms with van der Waals surface area (Å²) < 4.78 is 10.6. The maximum Gasteiger partial charge on any atom is 0.252 e. The van der Waals surface area contributed by atoms with Crippen molar-refractivity contribution in [2.45, 2.75) is 36.7 Å². The number of aliphatic hydroxyl groups is 3. The molecule has 3 aliphatic rings. The Morgan fingerprint density at radius 3 is 2.57 bits per heavy atom. The van der Waals surface area contributed by atoms with E-state index in [1.807, 2.05) is 0 Å². The molecule has 5 atom stereocenters. The summed E-state index contributed by atoms with van der Waals surface area (Å²) in [5.41, 5.74) is 1.16. The summed E-state index contributed by atoms with van der Waals surface area (Å²) in [5, 5.41) is 32.5. The number of amides is 1. The van der Waals surface area contributed by atoms with E-state index in [-0.39, 0.29) is 25.0 Å². The van der Waals surface area contributed by atoms with Crippen molar-refractivity contribution in [3.05, 3.63) is 23.3 Å². The largest absolute Gasteiger partial charge is 0.454 e. The lowest BCUT2D eigenvalue weighted by Gasteiger charge is -2.44. The maximum absolute atomic E-state index is 12.2. The van der Waals surface area contributed by atoms with E-state index >= 15 is 0 Å². The van der Waals surface area contributed by atoms with Gasteiger partial charge >= 0.3 is 0 Å². The third-order valence-electron chi connectivity index (χ3n) is 4.53. The summed E-state index contributed by atoms with van der Waals surface area (Å²) in [6.45, 7) is 0.109. The lowest BCUT2D eigenvalue weighted by Crippen LogP contribution is -2.61. The van der Waals surface area contributed by atoms with Gasteiger partial charge in [0.25, 0.3) is 5.91 Å². The number of fused-ring (bicyclic) bond motifs is 4. The third-order valence-corrected chi connectivity index (χ3v) is 4.53. The molecule has 1 fully saturated rings. The number of carbonyl (C=O) groups excluding carboxylic acids is 1. The zero-order chi connectivity index (χ0) is 14.7. The predicted molar refractivity (Wildman–Crippen MR) is 69.2 cm³/mol. The predicted octanol–water partition coefficient (Wildman–Crippen LogP) is -0.903. The molecule has 112 valence electrons. The van der Waals surface area contributed by atoms with Crippen LogP contribution in [0.4, 0.5) is 0 Å². The van der Waals surface area contributed by atoms with Crippen LogP contribution in [0.2, 0.25) is 0 Å². The third kappa shape index (κ3) is 1.75. The first-order chi connectivity index (χ1) is 10.1. The molecule has 0 radical (unpaired) electrons. The number of ether oxygens (including phenoxy) is 2. The van der Waals surface area contributed by atoms with E-state index in [4.69, 9.17) is 9.47 Å². The normalized spacial score (nSPS) is 36.7. The molecule has 0 bridgehead atoms. The Balaban J connectivity index is 1.82. The van der Waals surface area contributed by atoms with Crippen molar-refractivity contribution in [3.63, 3.8) is 0 Å². The van der Waals surface area contributed by atoms with Crippen LogP contribution in [0.1, 0.15) is 28.3 Å². The van der Waals surface area contributed by atoms with Crippen LogP contribution in [-0.4, -0.2) is 52.4 Å². The maximum atomic E-state index is 12.2. The van der Waals surface area contributed by atoms with E-state index in [2.05, 4.69) is 5.32 Å². The molecule has 0 spiro atoms. The summed E-state index contributed by atoms with van der Waals surface area (Å²) >= 11 is 0. The number of rotatable bonds is 0. The zero-order valence-electron chi connectivity index (χ0n) is 11.0. The van der Waals surface area contributed by atoms with Gasteiger partial charge in [-0.25, -0.2) is 0 Å². The number of hydrogen-bond donors (Lipinski definition) is 4. The first-order valence-electron chi connectivity index (χ1n) is 6.85. The van der Waals surface area contributed by atoms with Gasteiger partial charge in [-0.2, -0.15) is 0 Å². The molecule has 1 aromatic rings. The molecule has 0 unspecified atom stereocenters. The van der Waals surface area contributed by atoms with Gasteiger partial charge < -0.3 is 30.1 Å². The van der Waals surface area contributed by atoms with E-state index in [0.29, 0.717) is 22.6 Å². The average molecular weight is 293 g/mol. The topological polar surface area (TPSA) is 108 Å². The Bertz CT molecular complexity index is 618. The van der Waals surface area contributed by atoms with E-state index in [1.165, 1.54) is 0 Å². The smallest absolute Gasteiger partial charge is 0.252 e. The van der Waals surface area contributed by atoms with Crippen molar-refractivity contribution in [2.75, 3.05) is 6.79 Å². The van der Waals surface area contributed by atoms with Gasteiger partial charge in [-0.15, -0.1) is 0 Å². The molecule has 4 N–H and O–H groups in total. The van der Waals surface area contributed by atoms with Crippen LogP contribution in [0.3, 0.4) is 0 Å². The molecule has 1 aromatic carbocycles. The second-order valence-corrected chi connectivity index (χ2v) is 5.68. The van der Waals surface area contributed by atoms with Crippen molar-refractivity contribution < 1.29 is 29.6 Å². The minimum absolute atomic E-state index is 0.109. The number of benzene rings is 1. The van der Waals surface area contributed by atoms with Crippen LogP contribution < -0.4 is 14.8 Å². The van der Waals surface area contributed by atoms with E-state index in [0.717, 1.165) is 0 Å². The summed E-state index contributed by atoms with van der Waals surface area (Å²) in [7, 11) is 0. The van der Waals surface area contributed by atoms with Crippen LogP contribution in [0.15, 0.2) is 12.1 Å². The molecule has 0 aromatic heterocycles. The van der Waals surface area contributed by atoms with E-state index < -0.39 is 24.4 Å². The van der Waals surface area contributed by atoms with Crippen LogP contribution in [-0.2, 0) is 0 Å². The average Bonchev–Trinajstić information content (AvgIpc) is 2.92. The lowest BCUT2D eigenvalue weighted by molar-refractivity contribution is -0.104. The molecule has 1 saturated carbocycles. The highest BCUT2D eigenvalue weighted by atomic mass is 16.7. The Morgan fingerprint density at radius 2 is 1.81 bits per heavy atom. The fourth-order valence-electron chi connectivity index (χ4n) is 3.42. The molecule has 21 heavy (non-hydrogen) atoms. The fraction of sp³-hybridized carbons (Fsp3) is 0.500. The number of aliphatic hydroxyl groups excluding tert-OH is 3. The van der Waals surface area contributed by atoms with Crippen LogP contribution in [0.25, 0.3) is 0 Å².